The highest BCUT2D eigenvalue weighted by Gasteiger charge is 2.44. The molecule has 0 amide bonds. The Morgan fingerprint density at radius 2 is 1.93 bits per heavy atom. The fourth-order valence-electron chi connectivity index (χ4n) is 1.33. The van der Waals surface area contributed by atoms with Crippen molar-refractivity contribution in [2.75, 3.05) is 6.61 Å². The molecule has 1 heterocycles. The summed E-state index contributed by atoms with van der Waals surface area (Å²) in [6.07, 6.45) is -5.09. The number of aliphatic hydroxyl groups excluding tert-OH is 4. The average molecular weight is 206 g/mol. The minimum atomic E-state index is -1.40. The fraction of sp³-hybridized carbons (Fsp3) is 0.750. The molecule has 0 spiro atoms. The van der Waals surface area contributed by atoms with Crippen LogP contribution in [0.25, 0.3) is 0 Å². The lowest BCUT2D eigenvalue weighted by atomic mass is 9.99. The lowest BCUT2D eigenvalue weighted by molar-refractivity contribution is -0.287. The Balaban J connectivity index is 2.68. The maximum absolute atomic E-state index is 9.47. The second-order valence-corrected chi connectivity index (χ2v) is 3.00. The van der Waals surface area contributed by atoms with Gasteiger partial charge in [-0.15, -0.1) is 0 Å². The van der Waals surface area contributed by atoms with Gasteiger partial charge in [-0.25, -0.2) is 0 Å². The molecule has 0 aromatic carbocycles. The molecule has 1 saturated heterocycles. The topological polar surface area (TPSA) is 99.4 Å². The van der Waals surface area contributed by atoms with Crippen molar-refractivity contribution >= 4 is 0 Å². The monoisotopic (exact) mass is 206 g/mol. The van der Waals surface area contributed by atoms with Crippen LogP contribution >= 0.6 is 0 Å². The highest BCUT2D eigenvalue weighted by Crippen LogP contribution is 2.21. The van der Waals surface area contributed by atoms with E-state index in [0.717, 1.165) is 6.26 Å². The smallest absolute Gasteiger partial charge is 0.195 e. The summed E-state index contributed by atoms with van der Waals surface area (Å²) in [5.41, 5.74) is 0. The molecule has 1 fully saturated rings. The van der Waals surface area contributed by atoms with Crippen molar-refractivity contribution in [1.29, 1.82) is 0 Å². The maximum atomic E-state index is 9.47. The zero-order valence-corrected chi connectivity index (χ0v) is 7.48. The van der Waals surface area contributed by atoms with Crippen LogP contribution in [0.1, 0.15) is 0 Å². The first-order chi connectivity index (χ1) is 6.61. The van der Waals surface area contributed by atoms with Gasteiger partial charge in [-0.2, -0.15) is 0 Å². The van der Waals surface area contributed by atoms with Crippen molar-refractivity contribution in [3.63, 3.8) is 0 Å². The molecule has 5 atom stereocenters. The lowest BCUT2D eigenvalue weighted by Crippen LogP contribution is -2.58. The van der Waals surface area contributed by atoms with Crippen LogP contribution < -0.4 is 0 Å². The molecular weight excluding hydrogens is 192 g/mol. The number of ether oxygens (including phenoxy) is 2. The molecule has 1 aliphatic rings. The molecule has 0 bridgehead atoms. The molecule has 0 saturated carbocycles. The van der Waals surface area contributed by atoms with Crippen molar-refractivity contribution in [3.05, 3.63) is 12.8 Å². The average Bonchev–Trinajstić information content (AvgIpc) is 2.18. The standard InChI is InChI=1S/C8H14O6/c1-2-13-7-6(11)5(10)4(3-9)14-8(7)12/h2,4-12H,1,3H2/t4?,5-,6-,7-,8+/m1/s1. The predicted octanol–water partition coefficient (Wildman–Crippen LogP) is -2.05. The van der Waals surface area contributed by atoms with Crippen LogP contribution in [0.5, 0.6) is 0 Å². The normalized spacial score (nSPS) is 43.3. The predicted molar refractivity (Wildman–Crippen MR) is 45.0 cm³/mol. The third-order valence-corrected chi connectivity index (χ3v) is 2.10. The first-order valence-electron chi connectivity index (χ1n) is 4.18. The first kappa shape index (κ1) is 11.4. The van der Waals surface area contributed by atoms with E-state index in [1.165, 1.54) is 0 Å². The largest absolute Gasteiger partial charge is 0.490 e. The maximum Gasteiger partial charge on any atom is 0.195 e. The van der Waals surface area contributed by atoms with E-state index in [9.17, 15) is 15.3 Å². The number of aliphatic hydroxyl groups is 4. The summed E-state index contributed by atoms with van der Waals surface area (Å²) in [4.78, 5) is 0. The zero-order chi connectivity index (χ0) is 10.7. The quantitative estimate of drug-likeness (QED) is 0.396. The molecule has 14 heavy (non-hydrogen) atoms. The van der Waals surface area contributed by atoms with Gasteiger partial charge in [0.05, 0.1) is 12.9 Å². The molecule has 1 unspecified atom stereocenters. The van der Waals surface area contributed by atoms with Gasteiger partial charge in [-0.05, 0) is 0 Å². The minimum absolute atomic E-state index is 0.490. The van der Waals surface area contributed by atoms with Crippen molar-refractivity contribution in [2.24, 2.45) is 0 Å². The summed E-state index contributed by atoms with van der Waals surface area (Å²) in [6, 6.07) is 0. The van der Waals surface area contributed by atoms with Crippen molar-refractivity contribution in [2.45, 2.75) is 30.7 Å². The lowest BCUT2D eigenvalue weighted by Gasteiger charge is -2.39. The minimum Gasteiger partial charge on any atom is -0.490 e. The highest BCUT2D eigenvalue weighted by atomic mass is 16.7. The summed E-state index contributed by atoms with van der Waals surface area (Å²) in [6.45, 7) is 2.77. The molecule has 6 nitrogen and oxygen atoms in total. The van der Waals surface area contributed by atoms with E-state index in [1.54, 1.807) is 0 Å². The van der Waals surface area contributed by atoms with Crippen molar-refractivity contribution in [3.8, 4) is 0 Å². The van der Waals surface area contributed by atoms with Gasteiger partial charge < -0.3 is 29.9 Å². The van der Waals surface area contributed by atoms with Gasteiger partial charge in [0, 0.05) is 0 Å². The molecule has 0 radical (unpaired) electrons. The fourth-order valence-corrected chi connectivity index (χ4v) is 1.33. The van der Waals surface area contributed by atoms with Gasteiger partial charge in [0.15, 0.2) is 12.4 Å². The number of hydrogen-bond acceptors (Lipinski definition) is 6. The number of rotatable bonds is 3. The third-order valence-electron chi connectivity index (χ3n) is 2.10. The van der Waals surface area contributed by atoms with Crippen LogP contribution in [0.4, 0.5) is 0 Å². The second-order valence-electron chi connectivity index (χ2n) is 3.00. The first-order valence-corrected chi connectivity index (χ1v) is 4.18. The Kier molecular flexibility index (Phi) is 3.85. The van der Waals surface area contributed by atoms with Crippen molar-refractivity contribution < 1.29 is 29.9 Å². The molecule has 0 aromatic heterocycles. The van der Waals surface area contributed by atoms with E-state index < -0.39 is 37.3 Å². The zero-order valence-electron chi connectivity index (χ0n) is 7.48. The molecular formula is C8H14O6. The Morgan fingerprint density at radius 1 is 1.29 bits per heavy atom. The summed E-state index contributed by atoms with van der Waals surface area (Å²) in [5, 5.41) is 36.9. The van der Waals surface area contributed by atoms with Crippen LogP contribution in [0.3, 0.4) is 0 Å². The highest BCUT2D eigenvalue weighted by molar-refractivity contribution is 4.90. The van der Waals surface area contributed by atoms with E-state index in [0.29, 0.717) is 0 Å². The van der Waals surface area contributed by atoms with Gasteiger partial charge in [0.1, 0.15) is 18.3 Å². The Hall–Kier alpha value is -0.660. The molecule has 1 rings (SSSR count). The van der Waals surface area contributed by atoms with E-state index >= 15 is 0 Å². The molecule has 1 aliphatic heterocycles. The number of hydrogen-bond donors (Lipinski definition) is 4. The Labute approximate surface area is 81.0 Å². The summed E-state index contributed by atoms with van der Waals surface area (Å²) in [5.74, 6) is 0. The van der Waals surface area contributed by atoms with Crippen molar-refractivity contribution in [1.82, 2.24) is 0 Å². The Morgan fingerprint density at radius 3 is 2.43 bits per heavy atom. The van der Waals surface area contributed by atoms with Crippen LogP contribution in [0.2, 0.25) is 0 Å². The summed E-state index contributed by atoms with van der Waals surface area (Å²) in [7, 11) is 0. The van der Waals surface area contributed by atoms with Gasteiger partial charge in [-0.1, -0.05) is 6.58 Å². The second kappa shape index (κ2) is 4.72. The Bertz CT molecular complexity index is 196. The van der Waals surface area contributed by atoms with Crippen LogP contribution in [0, 0.1) is 0 Å². The van der Waals surface area contributed by atoms with Gasteiger partial charge in [-0.3, -0.25) is 0 Å². The SMILES string of the molecule is C=CO[C@@H]1[C@H](O)[C@H](O)C(CO)O[C@@H]1O. The van der Waals surface area contributed by atoms with Gasteiger partial charge >= 0.3 is 0 Å². The molecule has 6 heteroatoms. The van der Waals surface area contributed by atoms with Crippen LogP contribution in [-0.4, -0.2) is 57.7 Å². The van der Waals surface area contributed by atoms with Gasteiger partial charge in [0.2, 0.25) is 0 Å². The van der Waals surface area contributed by atoms with Crippen LogP contribution in [0.15, 0.2) is 12.8 Å². The molecule has 82 valence electrons. The van der Waals surface area contributed by atoms with E-state index in [1.807, 2.05) is 0 Å². The molecule has 0 aliphatic carbocycles. The van der Waals surface area contributed by atoms with E-state index in [2.05, 4.69) is 6.58 Å². The summed E-state index contributed by atoms with van der Waals surface area (Å²) < 4.78 is 9.57. The summed E-state index contributed by atoms with van der Waals surface area (Å²) >= 11 is 0. The van der Waals surface area contributed by atoms with Crippen LogP contribution in [-0.2, 0) is 9.47 Å². The van der Waals surface area contributed by atoms with E-state index in [-0.39, 0.29) is 0 Å². The van der Waals surface area contributed by atoms with E-state index in [4.69, 9.17) is 14.6 Å². The molecule has 0 aromatic rings. The van der Waals surface area contributed by atoms with Gasteiger partial charge in [0.25, 0.3) is 0 Å². The third kappa shape index (κ3) is 2.05. The molecule has 4 N–H and O–H groups in total.